The number of nitrogens with one attached hydrogen (secondary N) is 1. The highest BCUT2D eigenvalue weighted by Crippen LogP contribution is 2.36. The summed E-state index contributed by atoms with van der Waals surface area (Å²) in [6.45, 7) is 9.65. The average molecular weight is 444 g/mol. The lowest BCUT2D eigenvalue weighted by Crippen LogP contribution is -2.48. The van der Waals surface area contributed by atoms with Crippen molar-refractivity contribution in [1.29, 1.82) is 0 Å². The number of benzene rings is 1. The Bertz CT molecular complexity index is 932. The molecule has 5 atom stereocenters. The summed E-state index contributed by atoms with van der Waals surface area (Å²) in [5.41, 5.74) is 10.7. The Kier molecular flexibility index (Phi) is 6.98. The Morgan fingerprint density at radius 3 is 2.35 bits per heavy atom. The SMILES string of the molecule is Cc1ncsc1-c1ccc([C@@H](C)NC(=O)[C@@H]2C[C@@H](O)CC2C(=O)[C@@H](N)C(C)(C)C)cc1. The quantitative estimate of drug-likeness (QED) is 0.632. The summed E-state index contributed by atoms with van der Waals surface area (Å²) in [5.74, 6) is -1.45. The summed E-state index contributed by atoms with van der Waals surface area (Å²) in [5, 5.41) is 13.2. The molecule has 0 bridgehead atoms. The molecule has 1 aliphatic carbocycles. The lowest BCUT2D eigenvalue weighted by atomic mass is 9.78. The predicted molar refractivity (Wildman–Crippen MR) is 124 cm³/mol. The first-order valence-electron chi connectivity index (χ1n) is 10.8. The van der Waals surface area contributed by atoms with E-state index in [0.717, 1.165) is 21.7 Å². The molecule has 1 aromatic carbocycles. The van der Waals surface area contributed by atoms with Crippen LogP contribution in [-0.2, 0) is 9.59 Å². The largest absolute Gasteiger partial charge is 0.393 e. The van der Waals surface area contributed by atoms with E-state index in [-0.39, 0.29) is 30.6 Å². The van der Waals surface area contributed by atoms with Gasteiger partial charge in [-0.3, -0.25) is 9.59 Å². The number of aryl methyl sites for hydroxylation is 1. The molecule has 1 aromatic heterocycles. The summed E-state index contributed by atoms with van der Waals surface area (Å²) < 4.78 is 0. The van der Waals surface area contributed by atoms with Crippen LogP contribution in [0.3, 0.4) is 0 Å². The molecule has 4 N–H and O–H groups in total. The van der Waals surface area contributed by atoms with Gasteiger partial charge in [-0.2, -0.15) is 0 Å². The first kappa shape index (κ1) is 23.6. The van der Waals surface area contributed by atoms with E-state index in [1.54, 1.807) is 11.3 Å². The minimum atomic E-state index is -0.668. The highest BCUT2D eigenvalue weighted by Gasteiger charge is 2.45. The molecule has 7 heteroatoms. The number of ketones is 1. The zero-order valence-electron chi connectivity index (χ0n) is 18.9. The molecule has 0 aliphatic heterocycles. The van der Waals surface area contributed by atoms with Crippen molar-refractivity contribution in [2.75, 3.05) is 0 Å². The zero-order chi connectivity index (χ0) is 22.9. The van der Waals surface area contributed by atoms with Crippen LogP contribution in [0.1, 0.15) is 57.8 Å². The maximum Gasteiger partial charge on any atom is 0.224 e. The maximum atomic E-state index is 13.0. The van der Waals surface area contributed by atoms with E-state index < -0.39 is 29.4 Å². The first-order chi connectivity index (χ1) is 14.5. The van der Waals surface area contributed by atoms with Gasteiger partial charge in [0.15, 0.2) is 5.78 Å². The average Bonchev–Trinajstić information content (AvgIpc) is 3.31. The van der Waals surface area contributed by atoms with Crippen molar-refractivity contribution in [2.45, 2.75) is 65.6 Å². The predicted octanol–water partition coefficient (Wildman–Crippen LogP) is 3.63. The fourth-order valence-corrected chi connectivity index (χ4v) is 4.99. The summed E-state index contributed by atoms with van der Waals surface area (Å²) in [4.78, 5) is 31.4. The molecule has 0 spiro atoms. The van der Waals surface area contributed by atoms with Crippen LogP contribution in [0.15, 0.2) is 29.8 Å². The summed E-state index contributed by atoms with van der Waals surface area (Å²) in [6.07, 6.45) is -0.0815. The van der Waals surface area contributed by atoms with E-state index in [9.17, 15) is 14.7 Å². The van der Waals surface area contributed by atoms with Gasteiger partial charge in [0, 0.05) is 5.92 Å². The van der Waals surface area contributed by atoms with Gasteiger partial charge in [0.05, 0.1) is 40.2 Å². The molecule has 1 fully saturated rings. The number of carbonyl (C=O) groups excluding carboxylic acids is 2. The van der Waals surface area contributed by atoms with Gasteiger partial charge >= 0.3 is 0 Å². The molecule has 2 aromatic rings. The van der Waals surface area contributed by atoms with Crippen molar-refractivity contribution in [3.8, 4) is 10.4 Å². The third-order valence-electron chi connectivity index (χ3n) is 6.26. The number of nitrogens with two attached hydrogens (primary N) is 1. The number of rotatable bonds is 6. The number of amides is 1. The number of aliphatic hydroxyl groups is 1. The summed E-state index contributed by atoms with van der Waals surface area (Å²) in [7, 11) is 0. The van der Waals surface area contributed by atoms with Gasteiger partial charge in [-0.15, -0.1) is 11.3 Å². The van der Waals surface area contributed by atoms with Crippen LogP contribution in [0.5, 0.6) is 0 Å². The van der Waals surface area contributed by atoms with Crippen LogP contribution in [0.25, 0.3) is 10.4 Å². The lowest BCUT2D eigenvalue weighted by molar-refractivity contribution is -0.134. The molecule has 31 heavy (non-hydrogen) atoms. The molecule has 1 amide bonds. The Balaban J connectivity index is 1.69. The van der Waals surface area contributed by atoms with Gasteiger partial charge in [-0.25, -0.2) is 4.98 Å². The standard InChI is InChI=1S/C24H33N3O3S/c1-13(15-6-8-16(9-7-15)21-14(2)26-12-31-21)27-23(30)19-11-17(28)10-18(19)20(29)22(25)24(3,4)5/h6-9,12-13,17-19,22,28H,10-11,25H2,1-5H3,(H,27,30)/t13-,17+,18?,19-,22-/m1/s1. The minimum Gasteiger partial charge on any atom is -0.393 e. The number of aromatic nitrogens is 1. The number of nitrogens with zero attached hydrogens (tertiary/aromatic N) is 1. The van der Waals surface area contributed by atoms with Gasteiger partial charge in [0.1, 0.15) is 0 Å². The molecule has 1 aliphatic rings. The van der Waals surface area contributed by atoms with Crippen molar-refractivity contribution in [2.24, 2.45) is 23.0 Å². The third kappa shape index (κ3) is 5.22. The molecule has 6 nitrogen and oxygen atoms in total. The van der Waals surface area contributed by atoms with E-state index in [0.29, 0.717) is 0 Å². The van der Waals surface area contributed by atoms with E-state index in [2.05, 4.69) is 10.3 Å². The number of aliphatic hydroxyl groups excluding tert-OH is 1. The molecule has 1 heterocycles. The number of hydrogen-bond donors (Lipinski definition) is 3. The Labute approximate surface area is 188 Å². The van der Waals surface area contributed by atoms with Gasteiger partial charge in [-0.1, -0.05) is 45.0 Å². The fraction of sp³-hybridized carbons (Fsp3) is 0.542. The summed E-state index contributed by atoms with van der Waals surface area (Å²) in [6, 6.07) is 7.19. The second-order valence-corrected chi connectivity index (χ2v) is 10.6. The topological polar surface area (TPSA) is 105 Å². The number of carbonyl (C=O) groups is 2. The Morgan fingerprint density at radius 1 is 1.19 bits per heavy atom. The van der Waals surface area contributed by atoms with Crippen molar-refractivity contribution in [3.63, 3.8) is 0 Å². The highest BCUT2D eigenvalue weighted by atomic mass is 32.1. The van der Waals surface area contributed by atoms with E-state index in [4.69, 9.17) is 5.73 Å². The van der Waals surface area contributed by atoms with Gasteiger partial charge in [-0.05, 0) is 43.2 Å². The van der Waals surface area contributed by atoms with Crippen LogP contribution < -0.4 is 11.1 Å². The van der Waals surface area contributed by atoms with Gasteiger partial charge < -0.3 is 16.2 Å². The molecule has 1 unspecified atom stereocenters. The Morgan fingerprint density at radius 2 is 1.81 bits per heavy atom. The first-order valence-corrected chi connectivity index (χ1v) is 11.6. The number of hydrogen-bond acceptors (Lipinski definition) is 6. The maximum absolute atomic E-state index is 13.0. The number of Topliss-reactive ketones (excluding diaryl/α,β-unsaturated/α-hetero) is 1. The Hall–Kier alpha value is -2.09. The molecule has 1 saturated carbocycles. The second kappa shape index (κ2) is 9.18. The fourth-order valence-electron chi connectivity index (χ4n) is 4.18. The van der Waals surface area contributed by atoms with Gasteiger partial charge in [0.25, 0.3) is 0 Å². The van der Waals surface area contributed by atoms with Crippen molar-refractivity contribution >= 4 is 23.0 Å². The van der Waals surface area contributed by atoms with Crippen LogP contribution in [-0.4, -0.2) is 33.9 Å². The van der Waals surface area contributed by atoms with E-state index >= 15 is 0 Å². The summed E-state index contributed by atoms with van der Waals surface area (Å²) >= 11 is 1.60. The van der Waals surface area contributed by atoms with Crippen LogP contribution in [0, 0.1) is 24.2 Å². The van der Waals surface area contributed by atoms with Crippen LogP contribution >= 0.6 is 11.3 Å². The molecular formula is C24H33N3O3S. The van der Waals surface area contributed by atoms with Crippen molar-refractivity contribution in [3.05, 3.63) is 41.0 Å². The monoisotopic (exact) mass is 443 g/mol. The highest BCUT2D eigenvalue weighted by molar-refractivity contribution is 7.13. The molecule has 3 rings (SSSR count). The minimum absolute atomic E-state index is 0.138. The second-order valence-electron chi connectivity index (χ2n) is 9.70. The van der Waals surface area contributed by atoms with Crippen molar-refractivity contribution < 1.29 is 14.7 Å². The number of thiazole rings is 1. The normalized spacial score (nSPS) is 23.4. The molecule has 0 saturated heterocycles. The van der Waals surface area contributed by atoms with Crippen LogP contribution in [0.4, 0.5) is 0 Å². The van der Waals surface area contributed by atoms with Gasteiger partial charge in [0.2, 0.25) is 5.91 Å². The van der Waals surface area contributed by atoms with E-state index in [1.807, 2.05) is 64.4 Å². The third-order valence-corrected chi connectivity index (χ3v) is 7.23. The van der Waals surface area contributed by atoms with Crippen LogP contribution in [0.2, 0.25) is 0 Å². The van der Waals surface area contributed by atoms with Crippen molar-refractivity contribution in [1.82, 2.24) is 10.3 Å². The molecular weight excluding hydrogens is 410 g/mol. The lowest BCUT2D eigenvalue weighted by Gasteiger charge is -2.30. The van der Waals surface area contributed by atoms with E-state index in [1.165, 1.54) is 0 Å². The smallest absolute Gasteiger partial charge is 0.224 e. The molecule has 0 radical (unpaired) electrons. The molecule has 168 valence electrons. The zero-order valence-corrected chi connectivity index (χ0v) is 19.7.